The Morgan fingerprint density at radius 1 is 1.47 bits per heavy atom. The minimum atomic E-state index is -0.103. The van der Waals surface area contributed by atoms with Gasteiger partial charge in [0.25, 0.3) is 5.91 Å². The summed E-state index contributed by atoms with van der Waals surface area (Å²) < 4.78 is 6.53. The standard InChI is InChI=1S/C14H16N2O2S/c15-12-10-5-1-2-6-11(10)19-13(12)14(17)16-8-9-4-3-7-18-9/h1-2,5-6,9H,3-4,7-8,15H2,(H,16,17). The number of ether oxygens (including phenoxy) is 1. The monoisotopic (exact) mass is 276 g/mol. The van der Waals surface area contributed by atoms with Crippen LogP contribution in [0.4, 0.5) is 5.69 Å². The minimum absolute atomic E-state index is 0.103. The lowest BCUT2D eigenvalue weighted by molar-refractivity contribution is 0.0862. The van der Waals surface area contributed by atoms with E-state index in [-0.39, 0.29) is 12.0 Å². The van der Waals surface area contributed by atoms with Crippen LogP contribution in [0.25, 0.3) is 10.1 Å². The number of nitrogen functional groups attached to an aromatic ring is 1. The van der Waals surface area contributed by atoms with Crippen LogP contribution in [0.5, 0.6) is 0 Å². The van der Waals surface area contributed by atoms with Gasteiger partial charge in [-0.15, -0.1) is 11.3 Å². The van der Waals surface area contributed by atoms with Crippen LogP contribution in [-0.2, 0) is 4.74 Å². The fraction of sp³-hybridized carbons (Fsp3) is 0.357. The molecule has 1 aromatic carbocycles. The third-order valence-corrected chi connectivity index (χ3v) is 4.54. The molecule has 2 aromatic rings. The molecule has 0 aliphatic carbocycles. The van der Waals surface area contributed by atoms with E-state index >= 15 is 0 Å². The summed E-state index contributed by atoms with van der Waals surface area (Å²) in [5, 5.41) is 3.86. The normalized spacial score (nSPS) is 18.8. The number of hydrogen-bond acceptors (Lipinski definition) is 4. The van der Waals surface area contributed by atoms with Gasteiger partial charge < -0.3 is 15.8 Å². The molecule has 1 saturated heterocycles. The third kappa shape index (κ3) is 2.43. The van der Waals surface area contributed by atoms with E-state index < -0.39 is 0 Å². The number of fused-ring (bicyclic) bond motifs is 1. The maximum absolute atomic E-state index is 12.2. The van der Waals surface area contributed by atoms with Gasteiger partial charge >= 0.3 is 0 Å². The van der Waals surface area contributed by atoms with Crippen molar-refractivity contribution in [2.75, 3.05) is 18.9 Å². The van der Waals surface area contributed by atoms with Crippen LogP contribution in [0.3, 0.4) is 0 Å². The van der Waals surface area contributed by atoms with Crippen molar-refractivity contribution in [3.63, 3.8) is 0 Å². The van der Waals surface area contributed by atoms with Gasteiger partial charge in [-0.3, -0.25) is 4.79 Å². The van der Waals surface area contributed by atoms with Crippen LogP contribution < -0.4 is 11.1 Å². The fourth-order valence-corrected chi connectivity index (χ4v) is 3.37. The van der Waals surface area contributed by atoms with Gasteiger partial charge in [0.05, 0.1) is 11.8 Å². The molecule has 100 valence electrons. The number of amides is 1. The molecule has 3 N–H and O–H groups in total. The summed E-state index contributed by atoms with van der Waals surface area (Å²) in [7, 11) is 0. The van der Waals surface area contributed by atoms with Gasteiger partial charge in [-0.2, -0.15) is 0 Å². The van der Waals surface area contributed by atoms with Crippen molar-refractivity contribution in [2.45, 2.75) is 18.9 Å². The van der Waals surface area contributed by atoms with Gasteiger partial charge in [-0.25, -0.2) is 0 Å². The summed E-state index contributed by atoms with van der Waals surface area (Å²) in [6.07, 6.45) is 2.24. The molecule has 5 heteroatoms. The van der Waals surface area contributed by atoms with Crippen molar-refractivity contribution >= 4 is 33.0 Å². The molecule has 1 atom stereocenters. The topological polar surface area (TPSA) is 64.4 Å². The SMILES string of the molecule is Nc1c(C(=O)NCC2CCCO2)sc2ccccc12. The molecule has 1 unspecified atom stereocenters. The van der Waals surface area contributed by atoms with E-state index in [9.17, 15) is 4.79 Å². The molecule has 0 saturated carbocycles. The molecule has 0 bridgehead atoms. The van der Waals surface area contributed by atoms with Crippen LogP contribution in [0.2, 0.25) is 0 Å². The summed E-state index contributed by atoms with van der Waals surface area (Å²) in [5.41, 5.74) is 6.62. The Labute approximate surface area is 115 Å². The maximum atomic E-state index is 12.2. The molecular formula is C14H16N2O2S. The molecule has 4 nitrogen and oxygen atoms in total. The van der Waals surface area contributed by atoms with E-state index in [1.54, 1.807) is 0 Å². The minimum Gasteiger partial charge on any atom is -0.397 e. The average Bonchev–Trinajstić information content (AvgIpc) is 3.05. The molecule has 1 fully saturated rings. The van der Waals surface area contributed by atoms with Crippen molar-refractivity contribution in [2.24, 2.45) is 0 Å². The zero-order valence-electron chi connectivity index (χ0n) is 10.5. The van der Waals surface area contributed by atoms with Crippen LogP contribution in [0.15, 0.2) is 24.3 Å². The lowest BCUT2D eigenvalue weighted by atomic mass is 10.2. The zero-order chi connectivity index (χ0) is 13.2. The molecule has 1 aliphatic heterocycles. The summed E-state index contributed by atoms with van der Waals surface area (Å²) in [6, 6.07) is 7.80. The summed E-state index contributed by atoms with van der Waals surface area (Å²) in [4.78, 5) is 12.8. The smallest absolute Gasteiger partial charge is 0.263 e. The van der Waals surface area contributed by atoms with E-state index in [0.717, 1.165) is 29.5 Å². The lowest BCUT2D eigenvalue weighted by Crippen LogP contribution is -2.31. The highest BCUT2D eigenvalue weighted by molar-refractivity contribution is 7.21. The Morgan fingerprint density at radius 2 is 2.32 bits per heavy atom. The number of carbonyl (C=O) groups is 1. The number of hydrogen-bond donors (Lipinski definition) is 2. The number of nitrogens with one attached hydrogen (secondary N) is 1. The van der Waals surface area contributed by atoms with E-state index in [4.69, 9.17) is 10.5 Å². The van der Waals surface area contributed by atoms with E-state index in [1.165, 1.54) is 11.3 Å². The quantitative estimate of drug-likeness (QED) is 0.904. The van der Waals surface area contributed by atoms with Crippen molar-refractivity contribution < 1.29 is 9.53 Å². The van der Waals surface area contributed by atoms with Crippen molar-refractivity contribution in [3.05, 3.63) is 29.1 Å². The molecule has 2 heterocycles. The first-order valence-corrected chi connectivity index (χ1v) is 7.24. The van der Waals surface area contributed by atoms with Crippen LogP contribution in [0, 0.1) is 0 Å². The van der Waals surface area contributed by atoms with Crippen molar-refractivity contribution in [1.29, 1.82) is 0 Å². The van der Waals surface area contributed by atoms with E-state index in [1.807, 2.05) is 24.3 Å². The Kier molecular flexibility index (Phi) is 3.40. The van der Waals surface area contributed by atoms with Gasteiger partial charge in [0.2, 0.25) is 0 Å². The number of nitrogens with two attached hydrogens (primary N) is 1. The third-order valence-electron chi connectivity index (χ3n) is 3.35. The Morgan fingerprint density at radius 3 is 3.05 bits per heavy atom. The second-order valence-electron chi connectivity index (χ2n) is 4.69. The second-order valence-corrected chi connectivity index (χ2v) is 5.74. The first-order chi connectivity index (χ1) is 9.25. The highest BCUT2D eigenvalue weighted by Crippen LogP contribution is 2.33. The molecule has 0 spiro atoms. The number of anilines is 1. The average molecular weight is 276 g/mol. The molecule has 19 heavy (non-hydrogen) atoms. The first-order valence-electron chi connectivity index (χ1n) is 6.42. The lowest BCUT2D eigenvalue weighted by Gasteiger charge is -2.10. The van der Waals surface area contributed by atoms with E-state index in [2.05, 4.69) is 5.32 Å². The first kappa shape index (κ1) is 12.4. The predicted molar refractivity (Wildman–Crippen MR) is 77.5 cm³/mol. The number of carbonyl (C=O) groups excluding carboxylic acids is 1. The molecule has 0 radical (unpaired) electrons. The number of benzene rings is 1. The maximum Gasteiger partial charge on any atom is 0.263 e. The van der Waals surface area contributed by atoms with Gasteiger partial charge in [0.15, 0.2) is 0 Å². The van der Waals surface area contributed by atoms with Crippen LogP contribution in [-0.4, -0.2) is 25.2 Å². The second kappa shape index (κ2) is 5.19. The fourth-order valence-electron chi connectivity index (χ4n) is 2.33. The summed E-state index contributed by atoms with van der Waals surface area (Å²) in [5.74, 6) is -0.103. The zero-order valence-corrected chi connectivity index (χ0v) is 11.3. The molecule has 3 rings (SSSR count). The van der Waals surface area contributed by atoms with Gasteiger partial charge in [0.1, 0.15) is 4.88 Å². The molecule has 1 aromatic heterocycles. The van der Waals surface area contributed by atoms with Crippen molar-refractivity contribution in [1.82, 2.24) is 5.32 Å². The number of thiophene rings is 1. The Bertz CT molecular complexity index is 603. The largest absolute Gasteiger partial charge is 0.397 e. The van der Waals surface area contributed by atoms with Gasteiger partial charge in [0, 0.05) is 23.2 Å². The summed E-state index contributed by atoms with van der Waals surface area (Å²) in [6.45, 7) is 1.36. The van der Waals surface area contributed by atoms with Crippen molar-refractivity contribution in [3.8, 4) is 0 Å². The predicted octanol–water partition coefficient (Wildman–Crippen LogP) is 2.39. The molecular weight excluding hydrogens is 260 g/mol. The Balaban J connectivity index is 1.75. The molecule has 1 aliphatic rings. The summed E-state index contributed by atoms with van der Waals surface area (Å²) >= 11 is 1.44. The van der Waals surface area contributed by atoms with Gasteiger partial charge in [-0.05, 0) is 18.9 Å². The van der Waals surface area contributed by atoms with Crippen LogP contribution >= 0.6 is 11.3 Å². The number of rotatable bonds is 3. The van der Waals surface area contributed by atoms with Gasteiger partial charge in [-0.1, -0.05) is 18.2 Å². The Hall–Kier alpha value is -1.59. The highest BCUT2D eigenvalue weighted by atomic mass is 32.1. The highest BCUT2D eigenvalue weighted by Gasteiger charge is 2.19. The van der Waals surface area contributed by atoms with E-state index in [0.29, 0.717) is 17.1 Å². The van der Waals surface area contributed by atoms with Crippen LogP contribution in [0.1, 0.15) is 22.5 Å². The molecule has 1 amide bonds.